The zero-order valence-electron chi connectivity index (χ0n) is 11.2. The van der Waals surface area contributed by atoms with E-state index in [1.165, 1.54) is 19.3 Å². The molecular formula is C14H18BrN3O2. The number of hydrogen-bond donors (Lipinski definition) is 2. The zero-order valence-corrected chi connectivity index (χ0v) is 12.8. The first-order chi connectivity index (χ1) is 9.72. The highest BCUT2D eigenvalue weighted by atomic mass is 79.9. The van der Waals surface area contributed by atoms with Gasteiger partial charge < -0.3 is 20.5 Å². The summed E-state index contributed by atoms with van der Waals surface area (Å²) in [6.45, 7) is 1.73. The smallest absolute Gasteiger partial charge is 0.231 e. The molecule has 5 nitrogen and oxygen atoms in total. The lowest BCUT2D eigenvalue weighted by molar-refractivity contribution is 0.173. The molecule has 20 heavy (non-hydrogen) atoms. The van der Waals surface area contributed by atoms with Crippen LogP contribution < -0.4 is 20.5 Å². The first kappa shape index (κ1) is 13.5. The molecule has 1 saturated carbocycles. The van der Waals surface area contributed by atoms with Crippen LogP contribution in [0.15, 0.2) is 21.6 Å². The molecule has 0 unspecified atom stereocenters. The van der Waals surface area contributed by atoms with Gasteiger partial charge in [0.15, 0.2) is 17.5 Å². The van der Waals surface area contributed by atoms with Gasteiger partial charge in [-0.2, -0.15) is 0 Å². The van der Waals surface area contributed by atoms with Crippen molar-refractivity contribution in [2.45, 2.75) is 25.8 Å². The van der Waals surface area contributed by atoms with E-state index in [1.54, 1.807) is 0 Å². The molecule has 2 aliphatic rings. The maximum Gasteiger partial charge on any atom is 0.231 e. The monoisotopic (exact) mass is 339 g/mol. The Morgan fingerprint density at radius 3 is 3.00 bits per heavy atom. The molecule has 0 bridgehead atoms. The number of hydrogen-bond acceptors (Lipinski definition) is 3. The summed E-state index contributed by atoms with van der Waals surface area (Å²) >= 11 is 3.47. The van der Waals surface area contributed by atoms with Gasteiger partial charge in [0.2, 0.25) is 6.79 Å². The Labute approximate surface area is 126 Å². The maximum absolute atomic E-state index is 5.87. The summed E-state index contributed by atoms with van der Waals surface area (Å²) in [5.74, 6) is 2.79. The van der Waals surface area contributed by atoms with E-state index in [2.05, 4.69) is 26.2 Å². The van der Waals surface area contributed by atoms with Crippen LogP contribution in [0.25, 0.3) is 0 Å². The fourth-order valence-corrected chi connectivity index (χ4v) is 2.89. The van der Waals surface area contributed by atoms with Crippen LogP contribution in [0.2, 0.25) is 0 Å². The summed E-state index contributed by atoms with van der Waals surface area (Å²) in [6, 6.07) is 3.92. The van der Waals surface area contributed by atoms with E-state index in [0.29, 0.717) is 12.5 Å². The van der Waals surface area contributed by atoms with Crippen LogP contribution in [0, 0.1) is 5.92 Å². The van der Waals surface area contributed by atoms with E-state index in [1.807, 2.05) is 12.1 Å². The second-order valence-electron chi connectivity index (χ2n) is 5.19. The number of ether oxygens (including phenoxy) is 2. The fraction of sp³-hybridized carbons (Fsp3) is 0.500. The largest absolute Gasteiger partial charge is 0.454 e. The van der Waals surface area contributed by atoms with Crippen LogP contribution in [-0.4, -0.2) is 19.3 Å². The highest BCUT2D eigenvalue weighted by Crippen LogP contribution is 2.40. The molecule has 0 aromatic heterocycles. The minimum atomic E-state index is 0.270. The number of nitrogens with zero attached hydrogens (tertiary/aromatic N) is 1. The SMILES string of the molecule is NC(=NCc1cc(Br)c2c(c1)OCO2)NCC1CCC1. The van der Waals surface area contributed by atoms with E-state index < -0.39 is 0 Å². The minimum Gasteiger partial charge on any atom is -0.454 e. The Bertz CT molecular complexity index is 529. The number of rotatable bonds is 4. The predicted molar refractivity (Wildman–Crippen MR) is 80.9 cm³/mol. The number of fused-ring (bicyclic) bond motifs is 1. The molecule has 6 heteroatoms. The van der Waals surface area contributed by atoms with Crippen molar-refractivity contribution in [3.63, 3.8) is 0 Å². The molecule has 3 rings (SSSR count). The van der Waals surface area contributed by atoms with Crippen LogP contribution in [0.5, 0.6) is 11.5 Å². The lowest BCUT2D eigenvalue weighted by atomic mass is 9.85. The highest BCUT2D eigenvalue weighted by Gasteiger charge is 2.18. The highest BCUT2D eigenvalue weighted by molar-refractivity contribution is 9.10. The molecular weight excluding hydrogens is 322 g/mol. The molecule has 0 amide bonds. The van der Waals surface area contributed by atoms with Gasteiger partial charge in [-0.25, -0.2) is 4.99 Å². The molecule has 0 saturated heterocycles. The molecule has 1 aliphatic heterocycles. The Morgan fingerprint density at radius 2 is 2.25 bits per heavy atom. The molecule has 1 aromatic carbocycles. The van der Waals surface area contributed by atoms with Gasteiger partial charge >= 0.3 is 0 Å². The van der Waals surface area contributed by atoms with Crippen molar-refractivity contribution in [2.75, 3.05) is 13.3 Å². The summed E-state index contributed by atoms with van der Waals surface area (Å²) in [5.41, 5.74) is 6.91. The van der Waals surface area contributed by atoms with Crippen LogP contribution in [0.3, 0.4) is 0 Å². The van der Waals surface area contributed by atoms with Gasteiger partial charge in [-0.15, -0.1) is 0 Å². The van der Waals surface area contributed by atoms with Gasteiger partial charge in [0, 0.05) is 6.54 Å². The molecule has 0 atom stereocenters. The molecule has 1 aliphatic carbocycles. The van der Waals surface area contributed by atoms with Gasteiger partial charge in [-0.1, -0.05) is 6.42 Å². The van der Waals surface area contributed by atoms with E-state index >= 15 is 0 Å². The molecule has 0 spiro atoms. The van der Waals surface area contributed by atoms with Crippen LogP contribution >= 0.6 is 15.9 Å². The van der Waals surface area contributed by atoms with E-state index in [-0.39, 0.29) is 6.79 Å². The van der Waals surface area contributed by atoms with Crippen molar-refractivity contribution in [1.82, 2.24) is 5.32 Å². The summed E-state index contributed by atoms with van der Waals surface area (Å²) in [5, 5.41) is 3.18. The number of benzene rings is 1. The first-order valence-corrected chi connectivity index (χ1v) is 7.63. The second-order valence-corrected chi connectivity index (χ2v) is 6.05. The van der Waals surface area contributed by atoms with Crippen molar-refractivity contribution in [2.24, 2.45) is 16.6 Å². The van der Waals surface area contributed by atoms with Gasteiger partial charge in [0.1, 0.15) is 0 Å². The first-order valence-electron chi connectivity index (χ1n) is 6.84. The van der Waals surface area contributed by atoms with Gasteiger partial charge in [-0.05, 0) is 52.4 Å². The fourth-order valence-electron chi connectivity index (χ4n) is 2.29. The van der Waals surface area contributed by atoms with Crippen molar-refractivity contribution >= 4 is 21.9 Å². The van der Waals surface area contributed by atoms with Gasteiger partial charge in [-0.3, -0.25) is 0 Å². The topological polar surface area (TPSA) is 68.9 Å². The van der Waals surface area contributed by atoms with Crippen molar-refractivity contribution in [1.29, 1.82) is 0 Å². The summed E-state index contributed by atoms with van der Waals surface area (Å²) in [6.07, 6.45) is 3.94. The van der Waals surface area contributed by atoms with E-state index in [9.17, 15) is 0 Å². The molecule has 1 aromatic rings. The Kier molecular flexibility index (Phi) is 4.00. The lowest BCUT2D eigenvalue weighted by Crippen LogP contribution is -2.37. The van der Waals surface area contributed by atoms with Gasteiger partial charge in [0.25, 0.3) is 0 Å². The third kappa shape index (κ3) is 3.00. The summed E-state index contributed by atoms with van der Waals surface area (Å²) in [4.78, 5) is 4.36. The average Bonchev–Trinajstić information content (AvgIpc) is 2.83. The number of nitrogens with one attached hydrogen (secondary N) is 1. The summed E-state index contributed by atoms with van der Waals surface area (Å²) < 4.78 is 11.6. The lowest BCUT2D eigenvalue weighted by Gasteiger charge is -2.25. The Balaban J connectivity index is 1.58. The van der Waals surface area contributed by atoms with Crippen LogP contribution in [0.1, 0.15) is 24.8 Å². The average molecular weight is 340 g/mol. The van der Waals surface area contributed by atoms with Crippen molar-refractivity contribution < 1.29 is 9.47 Å². The number of nitrogens with two attached hydrogens (primary N) is 1. The molecule has 1 fully saturated rings. The van der Waals surface area contributed by atoms with Crippen molar-refractivity contribution in [3.8, 4) is 11.5 Å². The predicted octanol–water partition coefficient (Wildman–Crippen LogP) is 2.38. The third-order valence-electron chi connectivity index (χ3n) is 3.72. The number of halogens is 1. The molecule has 108 valence electrons. The van der Waals surface area contributed by atoms with E-state index in [0.717, 1.165) is 34.0 Å². The number of aliphatic imine (C=N–C) groups is 1. The molecule has 3 N–H and O–H groups in total. The standard InChI is InChI=1S/C14H18BrN3O2/c15-11-4-10(5-12-13(11)20-8-19-12)7-18-14(16)17-6-9-2-1-3-9/h4-5,9H,1-3,6-8H2,(H3,16,17,18). The van der Waals surface area contributed by atoms with Crippen LogP contribution in [-0.2, 0) is 6.54 Å². The minimum absolute atomic E-state index is 0.270. The third-order valence-corrected chi connectivity index (χ3v) is 4.30. The van der Waals surface area contributed by atoms with E-state index in [4.69, 9.17) is 15.2 Å². The van der Waals surface area contributed by atoms with Crippen molar-refractivity contribution in [3.05, 3.63) is 22.2 Å². The molecule has 1 heterocycles. The quantitative estimate of drug-likeness (QED) is 0.652. The zero-order chi connectivity index (χ0) is 13.9. The Morgan fingerprint density at radius 1 is 1.40 bits per heavy atom. The number of guanidine groups is 1. The molecule has 0 radical (unpaired) electrons. The summed E-state index contributed by atoms with van der Waals surface area (Å²) in [7, 11) is 0. The van der Waals surface area contributed by atoms with Gasteiger partial charge in [0.05, 0.1) is 11.0 Å². The normalized spacial score (nSPS) is 17.9. The van der Waals surface area contributed by atoms with Crippen LogP contribution in [0.4, 0.5) is 0 Å². The maximum atomic E-state index is 5.87. The second kappa shape index (κ2) is 5.91. The Hall–Kier alpha value is -1.43.